The average molecular weight is 577 g/mol. The molecule has 0 heterocycles. The summed E-state index contributed by atoms with van der Waals surface area (Å²) >= 11 is 2.13. The molecule has 9 nitrogen and oxygen atoms in total. The molecule has 0 radical (unpaired) electrons. The number of halogens is 1. The van der Waals surface area contributed by atoms with Crippen molar-refractivity contribution in [2.75, 3.05) is 90.5 Å². The summed E-state index contributed by atoms with van der Waals surface area (Å²) in [6.45, 7) is 12.4. The van der Waals surface area contributed by atoms with Crippen molar-refractivity contribution in [3.05, 3.63) is 0 Å². The highest BCUT2D eigenvalue weighted by atomic mass is 127. The molecule has 0 aromatic heterocycles. The van der Waals surface area contributed by atoms with E-state index in [1.54, 1.807) is 0 Å². The van der Waals surface area contributed by atoms with Crippen LogP contribution in [0.4, 0.5) is 0 Å². The number of carbonyl (C=O) groups excluding carboxylic acids is 1. The number of hydrogen-bond donors (Lipinski definition) is 1. The molecule has 0 saturated carbocycles. The molecule has 1 N–H and O–H groups in total. The van der Waals surface area contributed by atoms with Gasteiger partial charge >= 0.3 is 0 Å². The molecule has 0 fully saturated rings. The van der Waals surface area contributed by atoms with Crippen molar-refractivity contribution in [2.45, 2.75) is 45.6 Å². The van der Waals surface area contributed by atoms with Gasteiger partial charge in [0.2, 0.25) is 5.91 Å². The zero-order valence-electron chi connectivity index (χ0n) is 20.2. The third kappa shape index (κ3) is 19.4. The highest BCUT2D eigenvalue weighted by Gasteiger charge is 2.33. The Morgan fingerprint density at radius 2 is 1.12 bits per heavy atom. The minimum absolute atomic E-state index is 0.124. The molecular formula is C22H44INO8. The fourth-order valence-corrected chi connectivity index (χ4v) is 2.83. The minimum Gasteiger partial charge on any atom is -0.379 e. The summed E-state index contributed by atoms with van der Waals surface area (Å²) < 4.78 is 39.1. The Morgan fingerprint density at radius 3 is 1.66 bits per heavy atom. The molecule has 0 rings (SSSR count). The lowest BCUT2D eigenvalue weighted by Gasteiger charge is -2.34. The number of alkyl halides is 1. The van der Waals surface area contributed by atoms with Crippen LogP contribution in [0.15, 0.2) is 0 Å². The van der Waals surface area contributed by atoms with E-state index in [-0.39, 0.29) is 12.3 Å². The van der Waals surface area contributed by atoms with Crippen LogP contribution in [0.5, 0.6) is 0 Å². The van der Waals surface area contributed by atoms with Crippen molar-refractivity contribution < 1.29 is 38.0 Å². The molecule has 0 aliphatic heterocycles. The van der Waals surface area contributed by atoms with Crippen molar-refractivity contribution in [1.82, 2.24) is 5.32 Å². The lowest BCUT2D eigenvalue weighted by Crippen LogP contribution is -2.58. The maximum absolute atomic E-state index is 12.5. The van der Waals surface area contributed by atoms with E-state index in [2.05, 4.69) is 34.8 Å². The number of nitrogens with one attached hydrogen (secondary N) is 1. The summed E-state index contributed by atoms with van der Waals surface area (Å²) in [6.07, 6.45) is 2.16. The van der Waals surface area contributed by atoms with Crippen LogP contribution in [0.3, 0.4) is 0 Å². The van der Waals surface area contributed by atoms with Crippen LogP contribution in [-0.2, 0) is 38.0 Å². The second kappa shape index (κ2) is 24.1. The van der Waals surface area contributed by atoms with Gasteiger partial charge in [0, 0.05) is 26.2 Å². The van der Waals surface area contributed by atoms with E-state index < -0.39 is 5.54 Å². The Morgan fingerprint density at radius 1 is 0.656 bits per heavy atom. The van der Waals surface area contributed by atoms with Crippen LogP contribution in [0.2, 0.25) is 0 Å². The quantitative estimate of drug-likeness (QED) is 0.101. The van der Waals surface area contributed by atoms with E-state index in [0.717, 1.165) is 19.4 Å². The zero-order valence-corrected chi connectivity index (χ0v) is 22.3. The average Bonchev–Trinajstić information content (AvgIpc) is 2.79. The van der Waals surface area contributed by atoms with E-state index in [1.807, 2.05) is 13.8 Å². The molecule has 0 saturated heterocycles. The van der Waals surface area contributed by atoms with Gasteiger partial charge in [0.1, 0.15) is 5.54 Å². The lowest BCUT2D eigenvalue weighted by molar-refractivity contribution is -0.128. The van der Waals surface area contributed by atoms with Crippen LogP contribution in [-0.4, -0.2) is 102 Å². The maximum atomic E-state index is 12.5. The molecule has 192 valence electrons. The van der Waals surface area contributed by atoms with Crippen LogP contribution < -0.4 is 5.32 Å². The van der Waals surface area contributed by atoms with E-state index in [4.69, 9.17) is 33.2 Å². The van der Waals surface area contributed by atoms with E-state index in [0.29, 0.717) is 83.9 Å². The molecule has 0 bridgehead atoms. The van der Waals surface area contributed by atoms with Gasteiger partial charge < -0.3 is 38.5 Å². The Balaban J connectivity index is 4.03. The molecule has 32 heavy (non-hydrogen) atoms. The summed E-state index contributed by atoms with van der Waals surface area (Å²) in [6, 6.07) is 0. The fourth-order valence-electron chi connectivity index (χ4n) is 2.61. The van der Waals surface area contributed by atoms with Crippen LogP contribution >= 0.6 is 22.6 Å². The van der Waals surface area contributed by atoms with Gasteiger partial charge in [-0.25, -0.2) is 0 Å². The Kier molecular flexibility index (Phi) is 24.0. The first-order valence-corrected chi connectivity index (χ1v) is 13.1. The molecule has 1 unspecified atom stereocenters. The van der Waals surface area contributed by atoms with Crippen molar-refractivity contribution >= 4 is 28.5 Å². The second-order valence-electron chi connectivity index (χ2n) is 7.18. The summed E-state index contributed by atoms with van der Waals surface area (Å²) in [7, 11) is 0. The highest BCUT2D eigenvalue weighted by Crippen LogP contribution is 2.11. The van der Waals surface area contributed by atoms with Crippen molar-refractivity contribution in [2.24, 2.45) is 0 Å². The first kappa shape index (κ1) is 31.9. The number of hydrogen-bond acceptors (Lipinski definition) is 8. The molecule has 0 aliphatic rings. The first-order chi connectivity index (χ1) is 15.6. The van der Waals surface area contributed by atoms with Gasteiger partial charge in [-0.1, -0.05) is 36.4 Å². The molecule has 10 heteroatoms. The normalized spacial score (nSPS) is 13.2. The van der Waals surface area contributed by atoms with Gasteiger partial charge in [-0.3, -0.25) is 4.79 Å². The monoisotopic (exact) mass is 577 g/mol. The molecular weight excluding hydrogens is 533 g/mol. The van der Waals surface area contributed by atoms with Gasteiger partial charge in [-0.15, -0.1) is 0 Å². The number of amides is 1. The molecule has 0 spiro atoms. The molecule has 0 aliphatic carbocycles. The first-order valence-electron chi connectivity index (χ1n) is 11.5. The second-order valence-corrected chi connectivity index (χ2v) is 7.80. The van der Waals surface area contributed by atoms with Crippen LogP contribution in [0, 0.1) is 0 Å². The van der Waals surface area contributed by atoms with E-state index in [9.17, 15) is 4.79 Å². The third-order valence-corrected chi connectivity index (χ3v) is 4.55. The molecule has 1 atom stereocenters. The number of ether oxygens (including phenoxy) is 7. The molecule has 0 aromatic carbocycles. The standard InChI is InChI=1S/C22H44INO8/c1-4-8-27-11-13-29-15-16-30-14-12-28-10-7-21(25)24-22(17-26-6-3,19-32-20-23)18-31-9-5-2/h4-20H2,1-3H3,(H,24,25). The highest BCUT2D eigenvalue weighted by molar-refractivity contribution is 14.1. The van der Waals surface area contributed by atoms with Crippen molar-refractivity contribution in [3.63, 3.8) is 0 Å². The number of rotatable bonds is 25. The third-order valence-electron chi connectivity index (χ3n) is 4.11. The topological polar surface area (TPSA) is 93.7 Å². The van der Waals surface area contributed by atoms with E-state index >= 15 is 0 Å². The largest absolute Gasteiger partial charge is 0.379 e. The number of carbonyl (C=O) groups is 1. The predicted octanol–water partition coefficient (Wildman–Crippen LogP) is 2.58. The van der Waals surface area contributed by atoms with Gasteiger partial charge in [0.15, 0.2) is 0 Å². The summed E-state index contributed by atoms with van der Waals surface area (Å²) in [5.41, 5.74) is -0.710. The maximum Gasteiger partial charge on any atom is 0.222 e. The summed E-state index contributed by atoms with van der Waals surface area (Å²) in [4.78, 5) is 12.5. The Bertz CT molecular complexity index is 409. The minimum atomic E-state index is -0.710. The molecule has 1 amide bonds. The Labute approximate surface area is 207 Å². The zero-order chi connectivity index (χ0) is 23.8. The summed E-state index contributed by atoms with van der Waals surface area (Å²) in [5.74, 6) is -0.124. The van der Waals surface area contributed by atoms with Crippen molar-refractivity contribution in [1.29, 1.82) is 0 Å². The van der Waals surface area contributed by atoms with Crippen LogP contribution in [0.1, 0.15) is 40.0 Å². The Hall–Kier alpha value is -0.0800. The SMILES string of the molecule is CCCOCCOCCOCCOCCC(=O)NC(COCC)(COCI)COCCC. The molecule has 0 aromatic rings. The fraction of sp³-hybridized carbons (Fsp3) is 0.955. The van der Waals surface area contributed by atoms with Gasteiger partial charge in [0.05, 0.1) is 70.7 Å². The van der Waals surface area contributed by atoms with Crippen molar-refractivity contribution in [3.8, 4) is 0 Å². The van der Waals surface area contributed by atoms with Gasteiger partial charge in [0.25, 0.3) is 0 Å². The lowest BCUT2D eigenvalue weighted by atomic mass is 10.0. The predicted molar refractivity (Wildman–Crippen MR) is 131 cm³/mol. The van der Waals surface area contributed by atoms with Gasteiger partial charge in [-0.05, 0) is 19.8 Å². The summed E-state index contributed by atoms with van der Waals surface area (Å²) in [5, 5.41) is 3.05. The van der Waals surface area contributed by atoms with Gasteiger partial charge in [-0.2, -0.15) is 0 Å². The van der Waals surface area contributed by atoms with Crippen LogP contribution in [0.25, 0.3) is 0 Å². The van der Waals surface area contributed by atoms with E-state index in [1.165, 1.54) is 0 Å². The smallest absolute Gasteiger partial charge is 0.222 e.